The highest BCUT2D eigenvalue weighted by molar-refractivity contribution is 4.98. The Morgan fingerprint density at radius 2 is 1.04 bits per heavy atom. The number of unbranched alkanes of at least 4 members (excludes halogenated alkanes) is 7. The van der Waals surface area contributed by atoms with Crippen LogP contribution in [-0.4, -0.2) is 33.1 Å². The second-order valence-corrected chi connectivity index (χ2v) is 7.86. The average molecular weight is 359 g/mol. The molecule has 4 atom stereocenters. The molecule has 0 saturated heterocycles. The lowest BCUT2D eigenvalue weighted by Crippen LogP contribution is -2.57. The van der Waals surface area contributed by atoms with Crippen molar-refractivity contribution in [1.29, 1.82) is 0 Å². The smallest absolute Gasteiger partial charge is 0.119 e. The third-order valence-corrected chi connectivity index (χ3v) is 5.78. The van der Waals surface area contributed by atoms with Gasteiger partial charge in [-0.05, 0) is 25.2 Å². The number of hydrogen-bond acceptors (Lipinski definition) is 3. The Kier molecular flexibility index (Phi) is 14.9. The summed E-state index contributed by atoms with van der Waals surface area (Å²) in [5.41, 5.74) is -1.36. The van der Waals surface area contributed by atoms with Crippen LogP contribution in [0.4, 0.5) is 0 Å². The largest absolute Gasteiger partial charge is 0.390 e. The quantitative estimate of drug-likeness (QED) is 0.297. The minimum absolute atomic E-state index is 0.0327. The normalized spacial score (nSPS) is 17.9. The molecule has 0 aromatic heterocycles. The topological polar surface area (TPSA) is 60.7 Å². The summed E-state index contributed by atoms with van der Waals surface area (Å²) >= 11 is 0. The van der Waals surface area contributed by atoms with Crippen LogP contribution in [0.5, 0.6) is 0 Å². The number of aliphatic hydroxyl groups excluding tert-OH is 2. The Balaban J connectivity index is 4.93. The second-order valence-electron chi connectivity index (χ2n) is 7.86. The van der Waals surface area contributed by atoms with Gasteiger partial charge in [0.25, 0.3) is 0 Å². The van der Waals surface area contributed by atoms with Gasteiger partial charge in [0.2, 0.25) is 0 Å². The zero-order valence-electron chi connectivity index (χ0n) is 17.5. The maximum Gasteiger partial charge on any atom is 0.119 e. The van der Waals surface area contributed by atoms with Crippen molar-refractivity contribution in [3.63, 3.8) is 0 Å². The molecule has 3 N–H and O–H groups in total. The van der Waals surface area contributed by atoms with Crippen molar-refractivity contribution < 1.29 is 15.3 Å². The first kappa shape index (κ1) is 24.9. The molecular formula is C22H46O3. The molecule has 152 valence electrons. The van der Waals surface area contributed by atoms with E-state index in [0.29, 0.717) is 12.8 Å². The average Bonchev–Trinajstić information content (AvgIpc) is 2.61. The van der Waals surface area contributed by atoms with E-state index in [4.69, 9.17) is 0 Å². The number of aliphatic hydroxyl groups is 3. The molecule has 0 aliphatic heterocycles. The van der Waals surface area contributed by atoms with Crippen molar-refractivity contribution >= 4 is 0 Å². The molecule has 0 aliphatic carbocycles. The first-order valence-corrected chi connectivity index (χ1v) is 11.1. The fourth-order valence-electron chi connectivity index (χ4n) is 3.97. The molecule has 0 saturated carbocycles. The van der Waals surface area contributed by atoms with Crippen molar-refractivity contribution in [2.24, 2.45) is 5.92 Å². The Hall–Kier alpha value is -0.120. The van der Waals surface area contributed by atoms with Crippen LogP contribution in [0.2, 0.25) is 0 Å². The van der Waals surface area contributed by atoms with Crippen LogP contribution in [0.3, 0.4) is 0 Å². The van der Waals surface area contributed by atoms with E-state index < -0.39 is 17.8 Å². The summed E-state index contributed by atoms with van der Waals surface area (Å²) in [5, 5.41) is 33.1. The number of rotatable bonds is 17. The van der Waals surface area contributed by atoms with Gasteiger partial charge in [0.1, 0.15) is 5.60 Å². The second kappa shape index (κ2) is 15.0. The SMILES string of the molecule is CCCCCCCC(O)C(O)(C(O)CCCCC)C(CC)CCCC. The van der Waals surface area contributed by atoms with E-state index in [1.165, 1.54) is 19.3 Å². The summed E-state index contributed by atoms with van der Waals surface area (Å²) in [7, 11) is 0. The molecule has 0 amide bonds. The van der Waals surface area contributed by atoms with E-state index in [2.05, 4.69) is 27.7 Å². The van der Waals surface area contributed by atoms with Gasteiger partial charge in [0, 0.05) is 0 Å². The predicted molar refractivity (Wildman–Crippen MR) is 108 cm³/mol. The van der Waals surface area contributed by atoms with E-state index in [1.54, 1.807) is 0 Å². The van der Waals surface area contributed by atoms with Crippen molar-refractivity contribution in [2.45, 2.75) is 135 Å². The minimum Gasteiger partial charge on any atom is -0.390 e. The molecule has 0 aliphatic rings. The van der Waals surface area contributed by atoms with Gasteiger partial charge in [-0.2, -0.15) is 0 Å². The highest BCUT2D eigenvalue weighted by atomic mass is 16.4. The summed E-state index contributed by atoms with van der Waals surface area (Å²) < 4.78 is 0. The van der Waals surface area contributed by atoms with Crippen LogP contribution < -0.4 is 0 Å². The van der Waals surface area contributed by atoms with Gasteiger partial charge in [0.05, 0.1) is 12.2 Å². The van der Waals surface area contributed by atoms with E-state index in [9.17, 15) is 15.3 Å². The molecule has 0 aromatic carbocycles. The highest BCUT2D eigenvalue weighted by Gasteiger charge is 2.47. The van der Waals surface area contributed by atoms with E-state index in [1.807, 2.05) is 0 Å². The van der Waals surface area contributed by atoms with E-state index in [-0.39, 0.29) is 5.92 Å². The molecular weight excluding hydrogens is 312 g/mol. The molecule has 3 heteroatoms. The van der Waals surface area contributed by atoms with Gasteiger partial charge >= 0.3 is 0 Å². The molecule has 0 fully saturated rings. The summed E-state index contributed by atoms with van der Waals surface area (Å²) in [4.78, 5) is 0. The molecule has 0 aromatic rings. The first-order chi connectivity index (χ1) is 12.0. The van der Waals surface area contributed by atoms with Gasteiger partial charge in [-0.25, -0.2) is 0 Å². The Morgan fingerprint density at radius 3 is 1.52 bits per heavy atom. The van der Waals surface area contributed by atoms with Gasteiger partial charge in [0.15, 0.2) is 0 Å². The Morgan fingerprint density at radius 1 is 0.600 bits per heavy atom. The lowest BCUT2D eigenvalue weighted by atomic mass is 9.72. The van der Waals surface area contributed by atoms with Crippen LogP contribution in [0.25, 0.3) is 0 Å². The molecule has 0 spiro atoms. The molecule has 0 bridgehead atoms. The zero-order valence-corrected chi connectivity index (χ0v) is 17.5. The molecule has 4 unspecified atom stereocenters. The van der Waals surface area contributed by atoms with E-state index in [0.717, 1.165) is 57.8 Å². The minimum atomic E-state index is -1.36. The molecule has 0 rings (SSSR count). The Bertz CT molecular complexity index is 295. The highest BCUT2D eigenvalue weighted by Crippen LogP contribution is 2.36. The van der Waals surface area contributed by atoms with Crippen LogP contribution in [0, 0.1) is 5.92 Å². The third kappa shape index (κ3) is 8.88. The van der Waals surface area contributed by atoms with Crippen molar-refractivity contribution in [3.05, 3.63) is 0 Å². The first-order valence-electron chi connectivity index (χ1n) is 11.1. The lowest BCUT2D eigenvalue weighted by Gasteiger charge is -2.43. The van der Waals surface area contributed by atoms with Crippen molar-refractivity contribution in [1.82, 2.24) is 0 Å². The lowest BCUT2D eigenvalue weighted by molar-refractivity contribution is -0.184. The van der Waals surface area contributed by atoms with Gasteiger partial charge in [-0.15, -0.1) is 0 Å². The van der Waals surface area contributed by atoms with Crippen LogP contribution in [0.15, 0.2) is 0 Å². The Labute approximate surface area is 157 Å². The summed E-state index contributed by atoms with van der Waals surface area (Å²) in [6.07, 6.45) is 12.0. The van der Waals surface area contributed by atoms with Crippen molar-refractivity contribution in [3.8, 4) is 0 Å². The van der Waals surface area contributed by atoms with Crippen LogP contribution in [-0.2, 0) is 0 Å². The van der Waals surface area contributed by atoms with Crippen LogP contribution in [0.1, 0.15) is 118 Å². The molecule has 0 heterocycles. The van der Waals surface area contributed by atoms with Gasteiger partial charge in [-0.3, -0.25) is 0 Å². The van der Waals surface area contributed by atoms with Crippen LogP contribution >= 0.6 is 0 Å². The third-order valence-electron chi connectivity index (χ3n) is 5.78. The van der Waals surface area contributed by atoms with Gasteiger partial charge < -0.3 is 15.3 Å². The molecule has 0 radical (unpaired) electrons. The molecule has 3 nitrogen and oxygen atoms in total. The summed E-state index contributed by atoms with van der Waals surface area (Å²) in [5.74, 6) is -0.0327. The fourth-order valence-corrected chi connectivity index (χ4v) is 3.97. The molecule has 25 heavy (non-hydrogen) atoms. The fraction of sp³-hybridized carbons (Fsp3) is 1.00. The summed E-state index contributed by atoms with van der Waals surface area (Å²) in [6, 6.07) is 0. The predicted octanol–water partition coefficient (Wildman–Crippen LogP) is 5.60. The monoisotopic (exact) mass is 358 g/mol. The zero-order chi connectivity index (χ0) is 19.1. The van der Waals surface area contributed by atoms with Gasteiger partial charge in [-0.1, -0.05) is 98.3 Å². The number of hydrogen-bond donors (Lipinski definition) is 3. The van der Waals surface area contributed by atoms with E-state index >= 15 is 0 Å². The van der Waals surface area contributed by atoms with Crippen molar-refractivity contribution in [2.75, 3.05) is 0 Å². The maximum absolute atomic E-state index is 11.4. The standard InChI is InChI=1S/C22H46O3/c1-5-9-12-13-15-18-21(24)22(25,19(8-4)16-11-7-3)20(23)17-14-10-6-2/h19-21,23-25H,5-18H2,1-4H3. The maximum atomic E-state index is 11.4. The summed E-state index contributed by atoms with van der Waals surface area (Å²) in [6.45, 7) is 8.55.